The van der Waals surface area contributed by atoms with E-state index in [0.29, 0.717) is 13.1 Å². The fraction of sp³-hybridized carbons (Fsp3) is 0.320. The van der Waals surface area contributed by atoms with Crippen molar-refractivity contribution in [1.29, 1.82) is 0 Å². The minimum atomic E-state index is -0.388. The van der Waals surface area contributed by atoms with Gasteiger partial charge in [-0.25, -0.2) is 4.79 Å². The summed E-state index contributed by atoms with van der Waals surface area (Å²) in [5.74, 6) is 0.662. The molecule has 2 heterocycles. The van der Waals surface area contributed by atoms with Crippen molar-refractivity contribution >= 4 is 17.7 Å². The molecular formula is C25H26N4O4. The molecule has 1 aliphatic carbocycles. The number of carbonyl (C=O) groups excluding carboxylic acids is 2. The first-order valence-electron chi connectivity index (χ1n) is 11.1. The van der Waals surface area contributed by atoms with Crippen molar-refractivity contribution in [2.75, 3.05) is 25.1 Å². The molecule has 2 amide bonds. The van der Waals surface area contributed by atoms with Crippen LogP contribution in [-0.4, -0.2) is 48.5 Å². The van der Waals surface area contributed by atoms with Crippen LogP contribution in [0.15, 0.2) is 42.5 Å². The number of hydrogen-bond acceptors (Lipinski definition) is 5. The Hall–Kier alpha value is -3.81. The molecule has 5 rings (SSSR count). The van der Waals surface area contributed by atoms with Gasteiger partial charge >= 0.3 is 6.09 Å². The summed E-state index contributed by atoms with van der Waals surface area (Å²) in [7, 11) is 1.66. The number of H-pyrrole nitrogens is 1. The van der Waals surface area contributed by atoms with E-state index in [1.165, 1.54) is 18.1 Å². The van der Waals surface area contributed by atoms with Gasteiger partial charge < -0.3 is 14.8 Å². The van der Waals surface area contributed by atoms with Crippen LogP contribution in [0.5, 0.6) is 5.75 Å². The Labute approximate surface area is 191 Å². The van der Waals surface area contributed by atoms with E-state index in [-0.39, 0.29) is 18.1 Å². The van der Waals surface area contributed by atoms with Crippen LogP contribution in [0.1, 0.15) is 24.5 Å². The van der Waals surface area contributed by atoms with Crippen molar-refractivity contribution in [3.63, 3.8) is 0 Å². The Bertz CT molecular complexity index is 1220. The van der Waals surface area contributed by atoms with E-state index < -0.39 is 0 Å². The summed E-state index contributed by atoms with van der Waals surface area (Å²) in [5.41, 5.74) is 7.28. The molecule has 1 saturated heterocycles. The van der Waals surface area contributed by atoms with E-state index >= 15 is 0 Å². The second kappa shape index (κ2) is 8.61. The lowest BCUT2D eigenvalue weighted by Gasteiger charge is -2.16. The third kappa shape index (κ3) is 4.04. The van der Waals surface area contributed by atoms with Crippen molar-refractivity contribution in [2.24, 2.45) is 0 Å². The van der Waals surface area contributed by atoms with E-state index in [0.717, 1.165) is 53.2 Å². The third-order valence-corrected chi connectivity index (χ3v) is 6.21. The van der Waals surface area contributed by atoms with E-state index in [1.807, 2.05) is 30.3 Å². The summed E-state index contributed by atoms with van der Waals surface area (Å²) in [6.07, 6.45) is 2.05. The van der Waals surface area contributed by atoms with Gasteiger partial charge in [-0.1, -0.05) is 18.2 Å². The Morgan fingerprint density at radius 1 is 1.27 bits per heavy atom. The van der Waals surface area contributed by atoms with Crippen LogP contribution in [-0.2, 0) is 22.4 Å². The van der Waals surface area contributed by atoms with Crippen LogP contribution < -0.4 is 15.0 Å². The molecule has 0 spiro atoms. The summed E-state index contributed by atoms with van der Waals surface area (Å²) in [6.45, 7) is 2.17. The maximum atomic E-state index is 12.4. The predicted molar refractivity (Wildman–Crippen MR) is 124 cm³/mol. The maximum absolute atomic E-state index is 12.4. The first-order valence-corrected chi connectivity index (χ1v) is 11.1. The summed E-state index contributed by atoms with van der Waals surface area (Å²) < 4.78 is 10.8. The molecule has 2 aliphatic rings. The van der Waals surface area contributed by atoms with Crippen LogP contribution >= 0.6 is 0 Å². The van der Waals surface area contributed by atoms with Crippen LogP contribution in [0.4, 0.5) is 10.5 Å². The zero-order valence-corrected chi connectivity index (χ0v) is 18.7. The molecule has 8 heteroatoms. The Morgan fingerprint density at radius 2 is 2.15 bits per heavy atom. The number of methoxy groups -OCH3 is 1. The lowest BCUT2D eigenvalue weighted by molar-refractivity contribution is -0.119. The fourth-order valence-corrected chi connectivity index (χ4v) is 4.59. The van der Waals surface area contributed by atoms with Gasteiger partial charge in [0.15, 0.2) is 0 Å². The molecule has 0 radical (unpaired) electrons. The Morgan fingerprint density at radius 3 is 2.97 bits per heavy atom. The third-order valence-electron chi connectivity index (χ3n) is 6.21. The Kier molecular flexibility index (Phi) is 5.50. The van der Waals surface area contributed by atoms with Crippen molar-refractivity contribution < 1.29 is 19.1 Å². The van der Waals surface area contributed by atoms with Gasteiger partial charge in [0.25, 0.3) is 0 Å². The molecular weight excluding hydrogens is 420 g/mol. The zero-order valence-electron chi connectivity index (χ0n) is 18.7. The van der Waals surface area contributed by atoms with Crippen molar-refractivity contribution in [1.82, 2.24) is 15.5 Å². The number of benzene rings is 2. The molecule has 2 aromatic carbocycles. The predicted octanol–water partition coefficient (Wildman–Crippen LogP) is 3.70. The number of nitrogens with zero attached hydrogens (tertiary/aromatic N) is 2. The standard InChI is InChI=1S/C25H26N4O4/c1-15(30)26-13-20-14-29(25(31)33-20)18-9-10-21-16(11-18)5-4-8-22-23(27-28-24(21)22)17-6-3-7-19(12-17)32-2/h3,6-7,9-12,20H,4-5,8,13-14H2,1-2H3,(H,26,30)(H,27,28)/t20-/m0/s1. The normalized spacial score (nSPS) is 17.1. The van der Waals surface area contributed by atoms with Crippen LogP contribution in [0.3, 0.4) is 0 Å². The number of aryl methyl sites for hydroxylation is 1. The zero-order chi connectivity index (χ0) is 22.9. The van der Waals surface area contributed by atoms with E-state index in [4.69, 9.17) is 9.47 Å². The highest BCUT2D eigenvalue weighted by Gasteiger charge is 2.33. The number of nitrogens with one attached hydrogen (secondary N) is 2. The molecule has 3 aromatic rings. The van der Waals surface area contributed by atoms with Crippen LogP contribution in [0.25, 0.3) is 22.5 Å². The Balaban J connectivity index is 1.44. The molecule has 0 unspecified atom stereocenters. The van der Waals surface area contributed by atoms with E-state index in [1.54, 1.807) is 12.0 Å². The summed E-state index contributed by atoms with van der Waals surface area (Å²) in [6, 6.07) is 14.0. The molecule has 1 fully saturated rings. The molecule has 8 nitrogen and oxygen atoms in total. The molecule has 33 heavy (non-hydrogen) atoms. The van der Waals surface area contributed by atoms with Crippen LogP contribution in [0.2, 0.25) is 0 Å². The molecule has 1 aromatic heterocycles. The van der Waals surface area contributed by atoms with E-state index in [9.17, 15) is 9.59 Å². The maximum Gasteiger partial charge on any atom is 0.414 e. The summed E-state index contributed by atoms with van der Waals surface area (Å²) >= 11 is 0. The minimum Gasteiger partial charge on any atom is -0.497 e. The average molecular weight is 447 g/mol. The summed E-state index contributed by atoms with van der Waals surface area (Å²) in [5, 5.41) is 10.6. The number of cyclic esters (lactones) is 1. The number of hydrogen-bond donors (Lipinski definition) is 2. The quantitative estimate of drug-likeness (QED) is 0.623. The number of rotatable bonds is 5. The first-order chi connectivity index (χ1) is 16.0. The molecule has 1 aliphatic heterocycles. The summed E-state index contributed by atoms with van der Waals surface area (Å²) in [4.78, 5) is 25.2. The van der Waals surface area contributed by atoms with Gasteiger partial charge in [-0.2, -0.15) is 5.10 Å². The van der Waals surface area contributed by atoms with Gasteiger partial charge in [0.05, 0.1) is 31.6 Å². The first kappa shape index (κ1) is 21.1. The lowest BCUT2D eigenvalue weighted by Crippen LogP contribution is -2.33. The fourth-order valence-electron chi connectivity index (χ4n) is 4.59. The lowest BCUT2D eigenvalue weighted by atomic mass is 9.99. The highest BCUT2D eigenvalue weighted by Crippen LogP contribution is 2.38. The van der Waals surface area contributed by atoms with Crippen molar-refractivity contribution in [3.8, 4) is 28.3 Å². The number of carbonyl (C=O) groups is 2. The smallest absolute Gasteiger partial charge is 0.414 e. The second-order valence-corrected chi connectivity index (χ2v) is 8.41. The van der Waals surface area contributed by atoms with Crippen LogP contribution in [0, 0.1) is 0 Å². The molecule has 2 N–H and O–H groups in total. The number of anilines is 1. The van der Waals surface area contributed by atoms with Gasteiger partial charge in [-0.15, -0.1) is 0 Å². The SMILES string of the molecule is COc1cccc(-c2n[nH]c3c2CCCc2cc(N4C[C@H](CNC(C)=O)OC4=O)ccc2-3)c1. The molecule has 0 bridgehead atoms. The number of ether oxygens (including phenoxy) is 2. The van der Waals surface area contributed by atoms with Gasteiger partial charge in [0.1, 0.15) is 11.9 Å². The number of aromatic nitrogens is 2. The number of fused-ring (bicyclic) bond motifs is 3. The van der Waals surface area contributed by atoms with Crippen molar-refractivity contribution in [3.05, 3.63) is 53.6 Å². The van der Waals surface area contributed by atoms with Crippen molar-refractivity contribution in [2.45, 2.75) is 32.3 Å². The van der Waals surface area contributed by atoms with Gasteiger partial charge in [0, 0.05) is 29.3 Å². The molecule has 170 valence electrons. The molecule has 0 saturated carbocycles. The number of aromatic amines is 1. The average Bonchev–Trinajstić information content (AvgIpc) is 3.36. The topological polar surface area (TPSA) is 96.6 Å². The molecule has 1 atom stereocenters. The highest BCUT2D eigenvalue weighted by molar-refractivity contribution is 5.91. The monoisotopic (exact) mass is 446 g/mol. The largest absolute Gasteiger partial charge is 0.497 e. The highest BCUT2D eigenvalue weighted by atomic mass is 16.6. The van der Waals surface area contributed by atoms with Gasteiger partial charge in [-0.3, -0.25) is 14.8 Å². The second-order valence-electron chi connectivity index (χ2n) is 8.41. The minimum absolute atomic E-state index is 0.141. The van der Waals surface area contributed by atoms with Gasteiger partial charge in [-0.05, 0) is 49.1 Å². The number of amides is 2. The van der Waals surface area contributed by atoms with Gasteiger partial charge in [0.2, 0.25) is 5.91 Å². The van der Waals surface area contributed by atoms with E-state index in [2.05, 4.69) is 27.6 Å².